The molecule has 5 heteroatoms. The van der Waals surface area contributed by atoms with Gasteiger partial charge in [0.15, 0.2) is 0 Å². The molecule has 4 nitrogen and oxygen atoms in total. The number of hydrogen-bond acceptors (Lipinski definition) is 2. The predicted octanol–water partition coefficient (Wildman–Crippen LogP) is 1.70. The van der Waals surface area contributed by atoms with Gasteiger partial charge in [-0.3, -0.25) is 4.79 Å². The highest BCUT2D eigenvalue weighted by atomic mass is 19.1. The van der Waals surface area contributed by atoms with Crippen LogP contribution >= 0.6 is 0 Å². The van der Waals surface area contributed by atoms with Crippen LogP contribution in [0.4, 0.5) is 4.39 Å². The summed E-state index contributed by atoms with van der Waals surface area (Å²) in [7, 11) is 0. The lowest BCUT2D eigenvalue weighted by atomic mass is 10.1. The van der Waals surface area contributed by atoms with E-state index >= 15 is 0 Å². The number of carbonyl (C=O) groups excluding carboxylic acids is 1. The second-order valence-corrected chi connectivity index (χ2v) is 7.18. The highest BCUT2D eigenvalue weighted by molar-refractivity contribution is 5.91. The molecule has 0 bridgehead atoms. The van der Waals surface area contributed by atoms with Crippen molar-refractivity contribution in [1.29, 1.82) is 0 Å². The van der Waals surface area contributed by atoms with Crippen molar-refractivity contribution in [3.63, 3.8) is 0 Å². The van der Waals surface area contributed by atoms with Gasteiger partial charge in [0.05, 0.1) is 32.8 Å². The van der Waals surface area contributed by atoms with E-state index in [0.717, 1.165) is 51.5 Å². The molecule has 0 spiro atoms. The summed E-state index contributed by atoms with van der Waals surface area (Å²) < 4.78 is 18.8. The molecule has 27 heavy (non-hydrogen) atoms. The zero-order valence-electron chi connectivity index (χ0n) is 15.3. The number of carbonyl (C=O) groups is 1. The van der Waals surface area contributed by atoms with Gasteiger partial charge < -0.3 is 14.5 Å². The summed E-state index contributed by atoms with van der Waals surface area (Å²) in [6, 6.07) is 12.7. The van der Waals surface area contributed by atoms with Gasteiger partial charge in [-0.05, 0) is 47.5 Å². The van der Waals surface area contributed by atoms with Crippen LogP contribution in [-0.4, -0.2) is 43.6 Å². The average Bonchev–Trinajstić information content (AvgIpc) is 3.15. The fraction of sp³-hybridized carbons (Fsp3) is 0.318. The second-order valence-electron chi connectivity index (χ2n) is 7.18. The van der Waals surface area contributed by atoms with Gasteiger partial charge in [-0.1, -0.05) is 12.1 Å². The highest BCUT2D eigenvalue weighted by Crippen LogP contribution is 2.25. The molecule has 4 rings (SSSR count). The van der Waals surface area contributed by atoms with Gasteiger partial charge in [0, 0.05) is 18.1 Å². The number of amides is 1. The van der Waals surface area contributed by atoms with Crippen LogP contribution in [0.25, 0.3) is 6.08 Å². The van der Waals surface area contributed by atoms with Crippen LogP contribution in [0.3, 0.4) is 0 Å². The Morgan fingerprint density at radius 3 is 2.85 bits per heavy atom. The van der Waals surface area contributed by atoms with E-state index in [9.17, 15) is 9.18 Å². The maximum absolute atomic E-state index is 13.2. The number of fused-ring (bicyclic) bond motifs is 1. The Morgan fingerprint density at radius 2 is 2.04 bits per heavy atom. The minimum Gasteiger partial charge on any atom is -0.493 e. The van der Waals surface area contributed by atoms with Gasteiger partial charge in [-0.15, -0.1) is 0 Å². The molecule has 1 N–H and O–H groups in total. The van der Waals surface area contributed by atoms with Crippen molar-refractivity contribution in [1.82, 2.24) is 4.90 Å². The Balaban J connectivity index is 1.29. The van der Waals surface area contributed by atoms with Crippen molar-refractivity contribution in [3.8, 4) is 5.75 Å². The summed E-state index contributed by atoms with van der Waals surface area (Å²) in [5, 5.41) is 0. The van der Waals surface area contributed by atoms with E-state index in [1.807, 2.05) is 4.90 Å². The zero-order valence-corrected chi connectivity index (χ0v) is 15.3. The fourth-order valence-electron chi connectivity index (χ4n) is 3.74. The van der Waals surface area contributed by atoms with Crippen molar-refractivity contribution >= 4 is 12.0 Å². The summed E-state index contributed by atoms with van der Waals surface area (Å²) in [5.74, 6) is 0.724. The third kappa shape index (κ3) is 4.37. The Kier molecular flexibility index (Phi) is 5.21. The molecule has 1 saturated heterocycles. The van der Waals surface area contributed by atoms with E-state index in [1.165, 1.54) is 28.2 Å². The number of nitrogens with one attached hydrogen (secondary N) is 1. The Morgan fingerprint density at radius 1 is 1.19 bits per heavy atom. The van der Waals surface area contributed by atoms with Crippen molar-refractivity contribution in [3.05, 3.63) is 71.0 Å². The van der Waals surface area contributed by atoms with Crippen LogP contribution in [0, 0.1) is 5.82 Å². The largest absolute Gasteiger partial charge is 0.493 e. The lowest BCUT2D eigenvalue weighted by Gasteiger charge is -2.31. The maximum atomic E-state index is 13.2. The molecule has 0 radical (unpaired) electrons. The smallest absolute Gasteiger partial charge is 0.246 e. The number of rotatable bonds is 4. The van der Waals surface area contributed by atoms with Gasteiger partial charge in [0.25, 0.3) is 0 Å². The summed E-state index contributed by atoms with van der Waals surface area (Å²) in [6.07, 6.45) is 4.22. The first-order valence-corrected chi connectivity index (χ1v) is 9.48. The van der Waals surface area contributed by atoms with E-state index in [1.54, 1.807) is 24.3 Å². The van der Waals surface area contributed by atoms with E-state index < -0.39 is 0 Å². The summed E-state index contributed by atoms with van der Waals surface area (Å²) >= 11 is 0. The summed E-state index contributed by atoms with van der Waals surface area (Å²) in [5.41, 5.74) is 3.34. The SMILES string of the molecule is O=C(/C=C/c1cccc(F)c1)N1CC[NH+](Cc2ccc3c(c2)CCO3)CC1. The molecule has 0 aromatic heterocycles. The molecule has 0 aliphatic carbocycles. The van der Waals surface area contributed by atoms with Crippen LogP contribution in [-0.2, 0) is 17.8 Å². The summed E-state index contributed by atoms with van der Waals surface area (Å²) in [6.45, 7) is 5.13. The molecule has 2 heterocycles. The van der Waals surface area contributed by atoms with Crippen LogP contribution in [0.1, 0.15) is 16.7 Å². The van der Waals surface area contributed by atoms with Crippen molar-refractivity contribution in [2.75, 3.05) is 32.8 Å². The molecule has 1 fully saturated rings. The fourth-order valence-corrected chi connectivity index (χ4v) is 3.74. The first kappa shape index (κ1) is 17.7. The minimum absolute atomic E-state index is 0.00649. The van der Waals surface area contributed by atoms with E-state index in [0.29, 0.717) is 5.56 Å². The third-order valence-corrected chi connectivity index (χ3v) is 5.26. The number of ether oxygens (including phenoxy) is 1. The van der Waals surface area contributed by atoms with Crippen molar-refractivity contribution < 1.29 is 18.8 Å². The lowest BCUT2D eigenvalue weighted by Crippen LogP contribution is -3.13. The monoisotopic (exact) mass is 367 g/mol. The maximum Gasteiger partial charge on any atom is 0.246 e. The average molecular weight is 367 g/mol. The predicted molar refractivity (Wildman–Crippen MR) is 102 cm³/mol. The molecular formula is C22H24FN2O2+. The van der Waals surface area contributed by atoms with Gasteiger partial charge in [0.2, 0.25) is 5.91 Å². The molecule has 0 unspecified atom stereocenters. The second kappa shape index (κ2) is 7.92. The third-order valence-electron chi connectivity index (χ3n) is 5.26. The van der Waals surface area contributed by atoms with Crippen LogP contribution < -0.4 is 9.64 Å². The number of hydrogen-bond donors (Lipinski definition) is 1. The Labute approximate surface area is 158 Å². The molecule has 2 aliphatic heterocycles. The van der Waals surface area contributed by atoms with Gasteiger partial charge in [0.1, 0.15) is 18.1 Å². The molecule has 2 aliphatic rings. The molecule has 1 amide bonds. The van der Waals surface area contributed by atoms with E-state index in [-0.39, 0.29) is 11.7 Å². The standard InChI is InChI=1S/C22H23FN2O2/c23-20-3-1-2-17(15-20)5-7-22(26)25-11-9-24(10-12-25)16-18-4-6-21-19(14-18)8-13-27-21/h1-7,14-15H,8-13,16H2/p+1/b7-5+. The lowest BCUT2D eigenvalue weighted by molar-refractivity contribution is -0.917. The topological polar surface area (TPSA) is 34.0 Å². The number of quaternary nitrogens is 1. The molecule has 0 atom stereocenters. The molecular weight excluding hydrogens is 343 g/mol. The molecule has 2 aromatic rings. The minimum atomic E-state index is -0.292. The number of halogens is 1. The van der Waals surface area contributed by atoms with Gasteiger partial charge >= 0.3 is 0 Å². The first-order valence-electron chi connectivity index (χ1n) is 9.48. The summed E-state index contributed by atoms with van der Waals surface area (Å²) in [4.78, 5) is 15.7. The number of benzene rings is 2. The van der Waals surface area contributed by atoms with Crippen molar-refractivity contribution in [2.45, 2.75) is 13.0 Å². The first-order chi connectivity index (χ1) is 13.2. The zero-order chi connectivity index (χ0) is 18.6. The molecule has 0 saturated carbocycles. The van der Waals surface area contributed by atoms with Crippen LogP contribution in [0.5, 0.6) is 5.75 Å². The van der Waals surface area contributed by atoms with Gasteiger partial charge in [-0.25, -0.2) is 4.39 Å². The highest BCUT2D eigenvalue weighted by Gasteiger charge is 2.23. The van der Waals surface area contributed by atoms with Crippen molar-refractivity contribution in [2.24, 2.45) is 0 Å². The number of piperazine rings is 1. The Hall–Kier alpha value is -2.66. The molecule has 2 aromatic carbocycles. The quantitative estimate of drug-likeness (QED) is 0.835. The van der Waals surface area contributed by atoms with E-state index in [2.05, 4.69) is 18.2 Å². The van der Waals surface area contributed by atoms with Crippen LogP contribution in [0.15, 0.2) is 48.5 Å². The molecule has 140 valence electrons. The Bertz CT molecular complexity index is 857. The van der Waals surface area contributed by atoms with Gasteiger partial charge in [-0.2, -0.15) is 0 Å². The number of nitrogens with zero attached hydrogens (tertiary/aromatic N) is 1. The van der Waals surface area contributed by atoms with Crippen LogP contribution in [0.2, 0.25) is 0 Å². The normalized spacial score (nSPS) is 17.1. The van der Waals surface area contributed by atoms with E-state index in [4.69, 9.17) is 4.74 Å².